The largest absolute Gasteiger partial charge is 0.485 e. The first kappa shape index (κ1) is 26.6. The van der Waals surface area contributed by atoms with Crippen LogP contribution >= 0.6 is 0 Å². The molecule has 0 saturated carbocycles. The monoisotopic (exact) mass is 534 g/mol. The van der Waals surface area contributed by atoms with Gasteiger partial charge in [-0.3, -0.25) is 0 Å². The quantitative estimate of drug-likeness (QED) is 0.191. The zero-order chi connectivity index (χ0) is 27.7. The fraction of sp³-hybridized carbons (Fsp3) is 0.188. The molecule has 0 atom stereocenters. The first-order chi connectivity index (χ1) is 19.6. The lowest BCUT2D eigenvalue weighted by Crippen LogP contribution is -2.07. The number of aromatic nitrogens is 4. The van der Waals surface area contributed by atoms with Crippen LogP contribution in [0.15, 0.2) is 97.1 Å². The van der Waals surface area contributed by atoms with Gasteiger partial charge in [0.05, 0.1) is 5.56 Å². The standard InChI is InChI=1S/C32H30N4O4/c1-2-3-19-36-31(33-34-35-36)28-20-25(17-18-27(28)32(37)38)26-15-10-16-29(39-21-23-11-6-4-7-12-23)30(26)40-22-24-13-8-5-9-14-24/h4-18,20H,2-3,19,21-22H2,1H3,(H,37,38). The number of unbranched alkanes of at least 4 members (excludes halogenated alkanes) is 1. The highest BCUT2D eigenvalue weighted by atomic mass is 16.5. The molecule has 1 aromatic heterocycles. The van der Waals surface area contributed by atoms with Crippen LogP contribution in [0.1, 0.15) is 41.3 Å². The van der Waals surface area contributed by atoms with Crippen LogP contribution in [-0.2, 0) is 19.8 Å². The van der Waals surface area contributed by atoms with Gasteiger partial charge in [-0.2, -0.15) is 0 Å². The number of carboxylic acids is 1. The summed E-state index contributed by atoms with van der Waals surface area (Å²) in [6, 6.07) is 30.7. The summed E-state index contributed by atoms with van der Waals surface area (Å²) in [5.41, 5.74) is 4.15. The highest BCUT2D eigenvalue weighted by Gasteiger charge is 2.21. The lowest BCUT2D eigenvalue weighted by Gasteiger charge is -2.18. The Bertz CT molecular complexity index is 1570. The van der Waals surface area contributed by atoms with Crippen LogP contribution in [0.3, 0.4) is 0 Å². The summed E-state index contributed by atoms with van der Waals surface area (Å²) in [4.78, 5) is 12.2. The van der Waals surface area contributed by atoms with Crippen LogP contribution in [0.2, 0.25) is 0 Å². The smallest absolute Gasteiger partial charge is 0.336 e. The normalized spacial score (nSPS) is 10.8. The highest BCUT2D eigenvalue weighted by molar-refractivity contribution is 5.96. The van der Waals surface area contributed by atoms with Crippen LogP contribution in [0.4, 0.5) is 0 Å². The lowest BCUT2D eigenvalue weighted by atomic mass is 9.97. The van der Waals surface area contributed by atoms with Crippen LogP contribution < -0.4 is 9.47 Å². The van der Waals surface area contributed by atoms with Gasteiger partial charge >= 0.3 is 5.97 Å². The molecule has 0 aliphatic carbocycles. The maximum absolute atomic E-state index is 12.2. The second-order valence-corrected chi connectivity index (χ2v) is 9.33. The van der Waals surface area contributed by atoms with Gasteiger partial charge in [-0.15, -0.1) is 5.10 Å². The van der Waals surface area contributed by atoms with E-state index < -0.39 is 5.97 Å². The molecule has 40 heavy (non-hydrogen) atoms. The maximum atomic E-state index is 12.2. The van der Waals surface area contributed by atoms with Gasteiger partial charge in [-0.1, -0.05) is 92.2 Å². The molecular formula is C32H30N4O4. The van der Waals surface area contributed by atoms with Gasteiger partial charge in [0, 0.05) is 17.7 Å². The number of aryl methyl sites for hydroxylation is 1. The van der Waals surface area contributed by atoms with Gasteiger partial charge in [0.2, 0.25) is 0 Å². The van der Waals surface area contributed by atoms with Gasteiger partial charge in [0.15, 0.2) is 17.3 Å². The molecule has 1 heterocycles. The Morgan fingerprint density at radius 2 is 1.52 bits per heavy atom. The molecule has 202 valence electrons. The van der Waals surface area contributed by atoms with Crippen molar-refractivity contribution in [2.45, 2.75) is 39.5 Å². The van der Waals surface area contributed by atoms with E-state index in [1.807, 2.05) is 84.9 Å². The fourth-order valence-corrected chi connectivity index (χ4v) is 4.41. The zero-order valence-corrected chi connectivity index (χ0v) is 22.2. The van der Waals surface area contributed by atoms with E-state index in [2.05, 4.69) is 22.4 Å². The van der Waals surface area contributed by atoms with E-state index in [9.17, 15) is 9.90 Å². The number of aromatic carboxylic acids is 1. The van der Waals surface area contributed by atoms with Crippen LogP contribution in [0.25, 0.3) is 22.5 Å². The summed E-state index contributed by atoms with van der Waals surface area (Å²) < 4.78 is 14.3. The average Bonchev–Trinajstić information content (AvgIpc) is 3.47. The van der Waals surface area contributed by atoms with E-state index in [1.54, 1.807) is 16.8 Å². The van der Waals surface area contributed by atoms with Crippen LogP contribution in [0, 0.1) is 0 Å². The van der Waals surface area contributed by atoms with E-state index in [-0.39, 0.29) is 5.56 Å². The van der Waals surface area contributed by atoms with Gasteiger partial charge in [0.1, 0.15) is 13.2 Å². The number of tetrazole rings is 1. The second kappa shape index (κ2) is 12.7. The number of benzene rings is 4. The summed E-state index contributed by atoms with van der Waals surface area (Å²) >= 11 is 0. The first-order valence-electron chi connectivity index (χ1n) is 13.2. The van der Waals surface area contributed by atoms with Gasteiger partial charge in [0.25, 0.3) is 0 Å². The molecule has 5 aromatic rings. The van der Waals surface area contributed by atoms with Crippen LogP contribution in [-0.4, -0.2) is 31.3 Å². The number of nitrogens with zero attached hydrogens (tertiary/aromatic N) is 4. The van der Waals surface area contributed by atoms with Gasteiger partial charge in [-0.05, 0) is 51.7 Å². The molecule has 0 unspecified atom stereocenters. The second-order valence-electron chi connectivity index (χ2n) is 9.33. The number of hydrogen-bond donors (Lipinski definition) is 1. The third kappa shape index (κ3) is 6.18. The molecule has 0 saturated heterocycles. The predicted octanol–water partition coefficient (Wildman–Crippen LogP) is 6.66. The van der Waals surface area contributed by atoms with Crippen LogP contribution in [0.5, 0.6) is 11.5 Å². The Morgan fingerprint density at radius 3 is 2.20 bits per heavy atom. The first-order valence-corrected chi connectivity index (χ1v) is 13.2. The Morgan fingerprint density at radius 1 is 0.825 bits per heavy atom. The van der Waals surface area contributed by atoms with E-state index in [0.29, 0.717) is 42.6 Å². The fourth-order valence-electron chi connectivity index (χ4n) is 4.41. The minimum absolute atomic E-state index is 0.125. The molecule has 0 radical (unpaired) electrons. The molecule has 0 aliphatic heterocycles. The molecule has 0 spiro atoms. The number of carboxylic acid groups (broad SMARTS) is 1. The predicted molar refractivity (Wildman–Crippen MR) is 152 cm³/mol. The topological polar surface area (TPSA) is 99.4 Å². The van der Waals surface area contributed by atoms with Crippen molar-refractivity contribution in [1.82, 2.24) is 20.2 Å². The van der Waals surface area contributed by atoms with Crippen molar-refractivity contribution in [3.8, 4) is 34.0 Å². The maximum Gasteiger partial charge on any atom is 0.336 e. The van der Waals surface area contributed by atoms with E-state index >= 15 is 0 Å². The number of rotatable bonds is 12. The molecule has 0 bridgehead atoms. The summed E-state index contributed by atoms with van der Waals surface area (Å²) in [6.45, 7) is 3.39. The Labute approximate surface area is 232 Å². The van der Waals surface area contributed by atoms with Crippen molar-refractivity contribution < 1.29 is 19.4 Å². The van der Waals surface area contributed by atoms with E-state index in [0.717, 1.165) is 35.1 Å². The third-order valence-corrected chi connectivity index (χ3v) is 6.50. The molecule has 0 amide bonds. The van der Waals surface area contributed by atoms with Crippen molar-refractivity contribution in [1.29, 1.82) is 0 Å². The molecular weight excluding hydrogens is 504 g/mol. The molecule has 5 rings (SSSR count). The van der Waals surface area contributed by atoms with Crippen molar-refractivity contribution in [3.63, 3.8) is 0 Å². The summed E-state index contributed by atoms with van der Waals surface area (Å²) in [5, 5.41) is 22.1. The number of carbonyl (C=O) groups is 1. The van der Waals surface area contributed by atoms with Crippen molar-refractivity contribution in [3.05, 3.63) is 114 Å². The molecule has 8 heteroatoms. The third-order valence-electron chi connectivity index (χ3n) is 6.50. The molecule has 1 N–H and O–H groups in total. The minimum Gasteiger partial charge on any atom is -0.485 e. The zero-order valence-electron chi connectivity index (χ0n) is 22.2. The molecule has 0 aliphatic rings. The van der Waals surface area contributed by atoms with E-state index in [1.165, 1.54) is 0 Å². The highest BCUT2D eigenvalue weighted by Crippen LogP contribution is 2.40. The minimum atomic E-state index is -1.05. The Kier molecular flexibility index (Phi) is 8.46. The Hall–Kier alpha value is -4.98. The molecule has 4 aromatic carbocycles. The lowest BCUT2D eigenvalue weighted by molar-refractivity contribution is 0.0697. The summed E-state index contributed by atoms with van der Waals surface area (Å²) in [6.07, 6.45) is 1.83. The van der Waals surface area contributed by atoms with Crippen molar-refractivity contribution >= 4 is 5.97 Å². The number of para-hydroxylation sites is 1. The van der Waals surface area contributed by atoms with Crippen molar-refractivity contribution in [2.24, 2.45) is 0 Å². The van der Waals surface area contributed by atoms with Gasteiger partial charge < -0.3 is 14.6 Å². The van der Waals surface area contributed by atoms with Gasteiger partial charge in [-0.25, -0.2) is 9.48 Å². The SMILES string of the molecule is CCCCn1nnnc1-c1cc(-c2cccc(OCc3ccccc3)c2OCc2ccccc2)ccc1C(=O)O. The Balaban J connectivity index is 1.56. The van der Waals surface area contributed by atoms with E-state index in [4.69, 9.17) is 9.47 Å². The average molecular weight is 535 g/mol. The number of ether oxygens (including phenoxy) is 2. The molecule has 0 fully saturated rings. The van der Waals surface area contributed by atoms with Crippen molar-refractivity contribution in [2.75, 3.05) is 0 Å². The summed E-state index contributed by atoms with van der Waals surface area (Å²) in [5.74, 6) is 0.527. The molecule has 8 nitrogen and oxygen atoms in total. The summed E-state index contributed by atoms with van der Waals surface area (Å²) in [7, 11) is 0. The number of hydrogen-bond acceptors (Lipinski definition) is 6.